The summed E-state index contributed by atoms with van der Waals surface area (Å²) in [5.74, 6) is 2.51. The maximum atomic E-state index is 3.68. The van der Waals surface area contributed by atoms with E-state index in [4.69, 9.17) is 0 Å². The highest BCUT2D eigenvalue weighted by molar-refractivity contribution is 7.99. The Labute approximate surface area is 103 Å². The second-order valence-corrected chi connectivity index (χ2v) is 6.60. The largest absolute Gasteiger partial charge is 0.322 e. The molecule has 0 spiro atoms. The molecule has 2 rings (SSSR count). The number of nitrogens with one attached hydrogen (secondary N) is 1. The second-order valence-electron chi connectivity index (χ2n) is 5.45. The minimum Gasteiger partial charge on any atom is -0.322 e. The Balaban J connectivity index is 2.14. The molecular formula is C13H22N2S. The summed E-state index contributed by atoms with van der Waals surface area (Å²) in [7, 11) is 0. The molecular weight excluding hydrogens is 216 g/mol. The molecule has 0 aromatic carbocycles. The van der Waals surface area contributed by atoms with Gasteiger partial charge in [-0.1, -0.05) is 13.8 Å². The van der Waals surface area contributed by atoms with Gasteiger partial charge in [-0.05, 0) is 43.6 Å². The lowest BCUT2D eigenvalue weighted by atomic mass is 9.83. The third-order valence-corrected chi connectivity index (χ3v) is 4.74. The molecule has 2 heterocycles. The first-order valence-electron chi connectivity index (χ1n) is 6.00. The van der Waals surface area contributed by atoms with E-state index in [1.54, 1.807) is 0 Å². The van der Waals surface area contributed by atoms with E-state index in [0.717, 1.165) is 0 Å². The first kappa shape index (κ1) is 11.9. The fraction of sp³-hybridized carbons (Fsp3) is 0.692. The molecule has 0 amide bonds. The Morgan fingerprint density at radius 2 is 1.94 bits per heavy atom. The normalized spacial score (nSPS) is 24.4. The van der Waals surface area contributed by atoms with E-state index in [1.807, 2.05) is 0 Å². The van der Waals surface area contributed by atoms with Gasteiger partial charge in [0.05, 0.1) is 6.04 Å². The first-order valence-corrected chi connectivity index (χ1v) is 7.15. The van der Waals surface area contributed by atoms with Gasteiger partial charge in [0.25, 0.3) is 0 Å². The number of rotatable bonds is 2. The lowest BCUT2D eigenvalue weighted by Gasteiger charge is -2.39. The van der Waals surface area contributed by atoms with Crippen molar-refractivity contribution in [2.75, 3.05) is 16.9 Å². The van der Waals surface area contributed by atoms with Crippen LogP contribution < -0.4 is 5.43 Å². The van der Waals surface area contributed by atoms with Crippen LogP contribution in [-0.4, -0.2) is 22.2 Å². The Morgan fingerprint density at radius 3 is 2.50 bits per heavy atom. The third kappa shape index (κ3) is 2.24. The van der Waals surface area contributed by atoms with Gasteiger partial charge in [0.2, 0.25) is 0 Å². The molecule has 1 N–H and O–H groups in total. The number of aromatic nitrogens is 1. The van der Waals surface area contributed by atoms with Crippen LogP contribution in [0.3, 0.4) is 0 Å². The monoisotopic (exact) mass is 238 g/mol. The van der Waals surface area contributed by atoms with Crippen LogP contribution in [-0.2, 0) is 0 Å². The van der Waals surface area contributed by atoms with Crippen molar-refractivity contribution in [1.29, 1.82) is 0 Å². The van der Waals surface area contributed by atoms with Crippen molar-refractivity contribution in [3.05, 3.63) is 23.5 Å². The van der Waals surface area contributed by atoms with E-state index in [0.29, 0.717) is 11.5 Å². The molecule has 16 heavy (non-hydrogen) atoms. The van der Waals surface area contributed by atoms with E-state index < -0.39 is 0 Å². The molecule has 1 aromatic rings. The lowest BCUT2D eigenvalue weighted by molar-refractivity contribution is 0.290. The highest BCUT2D eigenvalue weighted by Gasteiger charge is 2.32. The first-order chi connectivity index (χ1) is 7.50. The van der Waals surface area contributed by atoms with Gasteiger partial charge in [-0.3, -0.25) is 4.68 Å². The van der Waals surface area contributed by atoms with Crippen molar-refractivity contribution in [1.82, 2.24) is 4.68 Å². The number of thioether (sulfide) groups is 1. The molecule has 90 valence electrons. The topological polar surface area (TPSA) is 17.0 Å². The van der Waals surface area contributed by atoms with Crippen LogP contribution in [0.2, 0.25) is 0 Å². The van der Waals surface area contributed by atoms with Gasteiger partial charge in [-0.15, -0.1) is 0 Å². The zero-order valence-corrected chi connectivity index (χ0v) is 11.5. The van der Waals surface area contributed by atoms with Gasteiger partial charge in [0.1, 0.15) is 0 Å². The van der Waals surface area contributed by atoms with Crippen LogP contribution in [0.15, 0.2) is 12.1 Å². The van der Waals surface area contributed by atoms with Crippen LogP contribution in [0.5, 0.6) is 0 Å². The van der Waals surface area contributed by atoms with Gasteiger partial charge < -0.3 is 5.43 Å². The van der Waals surface area contributed by atoms with Gasteiger partial charge in [0, 0.05) is 17.1 Å². The van der Waals surface area contributed by atoms with Crippen LogP contribution >= 0.6 is 11.8 Å². The zero-order valence-electron chi connectivity index (χ0n) is 10.7. The maximum absolute atomic E-state index is 3.68. The number of hydrogen-bond acceptors (Lipinski definition) is 2. The summed E-state index contributed by atoms with van der Waals surface area (Å²) in [4.78, 5) is 0. The van der Waals surface area contributed by atoms with Crippen LogP contribution in [0.1, 0.15) is 31.7 Å². The number of hydrogen-bond donors (Lipinski definition) is 1. The standard InChI is InChI=1S/C13H22N2S/c1-10-5-6-11(2)15(10)14-12-9-16-8-7-13(12,3)4/h5-6,12,14H,7-9H2,1-4H3. The molecule has 1 fully saturated rings. The van der Waals surface area contributed by atoms with Crippen LogP contribution in [0, 0.1) is 19.3 Å². The molecule has 2 nitrogen and oxygen atoms in total. The summed E-state index contributed by atoms with van der Waals surface area (Å²) >= 11 is 2.06. The molecule has 1 aromatic heterocycles. The van der Waals surface area contributed by atoms with Crippen molar-refractivity contribution in [2.24, 2.45) is 5.41 Å². The molecule has 1 atom stereocenters. The molecule has 0 saturated carbocycles. The summed E-state index contributed by atoms with van der Waals surface area (Å²) in [5.41, 5.74) is 6.67. The summed E-state index contributed by atoms with van der Waals surface area (Å²) in [6.45, 7) is 9.06. The van der Waals surface area contributed by atoms with Crippen molar-refractivity contribution in [3.63, 3.8) is 0 Å². The van der Waals surface area contributed by atoms with Gasteiger partial charge in [0.15, 0.2) is 0 Å². The van der Waals surface area contributed by atoms with Crippen molar-refractivity contribution < 1.29 is 0 Å². The predicted molar refractivity (Wildman–Crippen MR) is 72.8 cm³/mol. The molecule has 0 radical (unpaired) electrons. The Bertz CT molecular complexity index is 349. The highest BCUT2D eigenvalue weighted by Crippen LogP contribution is 2.34. The minimum absolute atomic E-state index is 0.397. The molecule has 1 unspecified atom stereocenters. The molecule has 1 aliphatic heterocycles. The molecule has 1 saturated heterocycles. The fourth-order valence-corrected chi connectivity index (χ4v) is 3.77. The molecule has 0 aliphatic carbocycles. The van der Waals surface area contributed by atoms with E-state index >= 15 is 0 Å². The second kappa shape index (κ2) is 4.36. The van der Waals surface area contributed by atoms with E-state index in [9.17, 15) is 0 Å². The van der Waals surface area contributed by atoms with Crippen molar-refractivity contribution in [3.8, 4) is 0 Å². The Morgan fingerprint density at radius 1 is 1.31 bits per heavy atom. The average molecular weight is 238 g/mol. The highest BCUT2D eigenvalue weighted by atomic mass is 32.2. The summed E-state index contributed by atoms with van der Waals surface area (Å²) in [6.07, 6.45) is 1.30. The van der Waals surface area contributed by atoms with E-state index in [-0.39, 0.29) is 0 Å². The summed E-state index contributed by atoms with van der Waals surface area (Å²) in [5, 5.41) is 0. The number of nitrogens with zero attached hydrogens (tertiary/aromatic N) is 1. The van der Waals surface area contributed by atoms with Crippen LogP contribution in [0.4, 0.5) is 0 Å². The predicted octanol–water partition coefficient (Wildman–Crippen LogP) is 3.18. The van der Waals surface area contributed by atoms with Crippen LogP contribution in [0.25, 0.3) is 0 Å². The lowest BCUT2D eigenvalue weighted by Crippen LogP contribution is -2.45. The summed E-state index contributed by atoms with van der Waals surface area (Å²) in [6, 6.07) is 4.91. The SMILES string of the molecule is Cc1ccc(C)n1NC1CSCCC1(C)C. The minimum atomic E-state index is 0.397. The number of aryl methyl sites for hydroxylation is 2. The average Bonchev–Trinajstić information content (AvgIpc) is 2.52. The molecule has 1 aliphatic rings. The molecule has 0 bridgehead atoms. The van der Waals surface area contributed by atoms with E-state index in [2.05, 4.69) is 61.7 Å². The maximum Gasteiger partial charge on any atom is 0.0566 e. The van der Waals surface area contributed by atoms with Crippen molar-refractivity contribution in [2.45, 2.75) is 40.2 Å². The molecule has 3 heteroatoms. The third-order valence-electron chi connectivity index (χ3n) is 3.67. The zero-order chi connectivity index (χ0) is 11.8. The quantitative estimate of drug-likeness (QED) is 0.852. The smallest absolute Gasteiger partial charge is 0.0566 e. The summed E-state index contributed by atoms with van der Waals surface area (Å²) < 4.78 is 2.23. The Kier molecular flexibility index (Phi) is 3.24. The van der Waals surface area contributed by atoms with Crippen molar-refractivity contribution >= 4 is 11.8 Å². The van der Waals surface area contributed by atoms with Gasteiger partial charge in [-0.25, -0.2) is 0 Å². The van der Waals surface area contributed by atoms with Gasteiger partial charge >= 0.3 is 0 Å². The van der Waals surface area contributed by atoms with Gasteiger partial charge in [-0.2, -0.15) is 11.8 Å². The fourth-order valence-electron chi connectivity index (χ4n) is 2.18. The van der Waals surface area contributed by atoms with E-state index in [1.165, 1.54) is 29.3 Å². The Hall–Kier alpha value is -0.570.